The summed E-state index contributed by atoms with van der Waals surface area (Å²) < 4.78 is 24.1. The minimum Gasteiger partial charge on any atom is -0.493 e. The van der Waals surface area contributed by atoms with Crippen molar-refractivity contribution in [2.45, 2.75) is 31.7 Å². The number of rotatable bonds is 7. The van der Waals surface area contributed by atoms with Crippen LogP contribution in [0.5, 0.6) is 11.5 Å². The number of nitrogens with zero attached hydrogens (tertiary/aromatic N) is 1. The van der Waals surface area contributed by atoms with Gasteiger partial charge in [-0.3, -0.25) is 4.99 Å². The van der Waals surface area contributed by atoms with Gasteiger partial charge in [0, 0.05) is 18.7 Å². The highest BCUT2D eigenvalue weighted by atomic mass is 19.1. The third-order valence-electron chi connectivity index (χ3n) is 3.43. The Morgan fingerprint density at radius 2 is 2.10 bits per heavy atom. The van der Waals surface area contributed by atoms with Crippen molar-refractivity contribution in [3.05, 3.63) is 36.2 Å². The van der Waals surface area contributed by atoms with Crippen LogP contribution in [0.1, 0.15) is 26.2 Å². The van der Waals surface area contributed by atoms with Crippen LogP contribution in [-0.4, -0.2) is 25.5 Å². The third-order valence-corrected chi connectivity index (χ3v) is 3.43. The molecule has 2 rings (SSSR count). The summed E-state index contributed by atoms with van der Waals surface area (Å²) in [4.78, 5) is 4.53. The molecule has 1 unspecified atom stereocenters. The van der Waals surface area contributed by atoms with Crippen molar-refractivity contribution in [2.75, 3.05) is 13.7 Å². The Labute approximate surface area is 119 Å². The van der Waals surface area contributed by atoms with Gasteiger partial charge in [-0.25, -0.2) is 4.39 Å². The zero-order valence-electron chi connectivity index (χ0n) is 11.9. The first-order chi connectivity index (χ1) is 9.69. The maximum atomic E-state index is 13.2. The maximum Gasteiger partial charge on any atom is 0.164 e. The summed E-state index contributed by atoms with van der Waals surface area (Å²) in [5, 5.41) is 0. The first-order valence-corrected chi connectivity index (χ1v) is 6.88. The highest BCUT2D eigenvalue weighted by Gasteiger charge is 2.26. The molecule has 1 atom stereocenters. The van der Waals surface area contributed by atoms with Crippen LogP contribution in [0.2, 0.25) is 0 Å². The molecule has 0 saturated carbocycles. The van der Waals surface area contributed by atoms with Crippen molar-refractivity contribution in [3.63, 3.8) is 0 Å². The summed E-state index contributed by atoms with van der Waals surface area (Å²) in [6.45, 7) is 2.61. The van der Waals surface area contributed by atoms with Crippen molar-refractivity contribution in [1.29, 1.82) is 0 Å². The number of halogens is 1. The molecule has 1 aliphatic heterocycles. The van der Waals surface area contributed by atoms with E-state index in [9.17, 15) is 4.39 Å². The molecule has 0 aliphatic carbocycles. The molecule has 0 radical (unpaired) electrons. The molecule has 1 heterocycles. The normalized spacial score (nSPS) is 20.4. The SMILES string of the molecule is CCCC1(CCOc2cc(F)ccc2OC)C=CC=N1. The molecule has 0 bridgehead atoms. The van der Waals surface area contributed by atoms with Crippen LogP contribution in [0.4, 0.5) is 4.39 Å². The lowest BCUT2D eigenvalue weighted by atomic mass is 9.92. The summed E-state index contributed by atoms with van der Waals surface area (Å²) in [5.41, 5.74) is -0.157. The van der Waals surface area contributed by atoms with E-state index in [1.165, 1.54) is 12.1 Å². The van der Waals surface area contributed by atoms with Crippen LogP contribution < -0.4 is 9.47 Å². The molecular weight excluding hydrogens is 257 g/mol. The molecule has 0 fully saturated rings. The number of benzene rings is 1. The minimum absolute atomic E-state index is 0.157. The summed E-state index contributed by atoms with van der Waals surface area (Å²) in [6.07, 6.45) is 8.74. The maximum absolute atomic E-state index is 13.2. The second kappa shape index (κ2) is 6.55. The predicted octanol–water partition coefficient (Wildman–Crippen LogP) is 3.78. The van der Waals surface area contributed by atoms with Crippen LogP contribution in [0.25, 0.3) is 0 Å². The van der Waals surface area contributed by atoms with Gasteiger partial charge >= 0.3 is 0 Å². The van der Waals surface area contributed by atoms with Gasteiger partial charge in [0.25, 0.3) is 0 Å². The van der Waals surface area contributed by atoms with E-state index in [1.807, 2.05) is 12.3 Å². The molecule has 0 spiro atoms. The molecular formula is C16H20FNO2. The van der Waals surface area contributed by atoms with E-state index in [-0.39, 0.29) is 11.4 Å². The van der Waals surface area contributed by atoms with Crippen molar-refractivity contribution in [3.8, 4) is 11.5 Å². The number of hydrogen-bond donors (Lipinski definition) is 0. The number of methoxy groups -OCH3 is 1. The zero-order chi connectivity index (χ0) is 14.4. The molecule has 0 N–H and O–H groups in total. The van der Waals surface area contributed by atoms with Gasteiger partial charge in [-0.1, -0.05) is 19.4 Å². The Morgan fingerprint density at radius 1 is 1.25 bits per heavy atom. The van der Waals surface area contributed by atoms with E-state index in [0.717, 1.165) is 19.3 Å². The van der Waals surface area contributed by atoms with Gasteiger partial charge < -0.3 is 9.47 Å². The third kappa shape index (κ3) is 3.38. The summed E-state index contributed by atoms with van der Waals surface area (Å²) >= 11 is 0. The van der Waals surface area contributed by atoms with E-state index in [2.05, 4.69) is 18.0 Å². The van der Waals surface area contributed by atoms with Gasteiger partial charge in [-0.05, 0) is 24.6 Å². The van der Waals surface area contributed by atoms with Crippen molar-refractivity contribution >= 4 is 6.21 Å². The number of ether oxygens (including phenoxy) is 2. The second-order valence-electron chi connectivity index (χ2n) is 4.88. The van der Waals surface area contributed by atoms with Crippen LogP contribution >= 0.6 is 0 Å². The molecule has 1 aliphatic rings. The van der Waals surface area contributed by atoms with Crippen LogP contribution in [0, 0.1) is 5.82 Å². The fourth-order valence-electron chi connectivity index (χ4n) is 2.41. The Hall–Kier alpha value is -1.84. The van der Waals surface area contributed by atoms with Gasteiger partial charge in [0.1, 0.15) is 5.82 Å². The first-order valence-electron chi connectivity index (χ1n) is 6.88. The van der Waals surface area contributed by atoms with Crippen LogP contribution in [0.15, 0.2) is 35.3 Å². The molecule has 0 amide bonds. The fraction of sp³-hybridized carbons (Fsp3) is 0.438. The average Bonchev–Trinajstić information content (AvgIpc) is 2.88. The lowest BCUT2D eigenvalue weighted by Crippen LogP contribution is -2.24. The molecule has 1 aromatic rings. The van der Waals surface area contributed by atoms with E-state index in [0.29, 0.717) is 18.1 Å². The highest BCUT2D eigenvalue weighted by Crippen LogP contribution is 2.30. The fourth-order valence-corrected chi connectivity index (χ4v) is 2.41. The van der Waals surface area contributed by atoms with E-state index in [4.69, 9.17) is 9.47 Å². The van der Waals surface area contributed by atoms with Gasteiger partial charge in [-0.15, -0.1) is 0 Å². The largest absolute Gasteiger partial charge is 0.493 e. The van der Waals surface area contributed by atoms with Crippen molar-refractivity contribution in [1.82, 2.24) is 0 Å². The van der Waals surface area contributed by atoms with Crippen molar-refractivity contribution in [2.24, 2.45) is 4.99 Å². The smallest absolute Gasteiger partial charge is 0.164 e. The predicted molar refractivity (Wildman–Crippen MR) is 78.3 cm³/mol. The number of allylic oxidation sites excluding steroid dienone is 1. The van der Waals surface area contributed by atoms with Gasteiger partial charge in [0.15, 0.2) is 11.5 Å². The molecule has 20 heavy (non-hydrogen) atoms. The quantitative estimate of drug-likeness (QED) is 0.759. The Balaban J connectivity index is 1.97. The standard InChI is InChI=1S/C16H20FNO2/c1-3-7-16(8-4-10-18-16)9-11-20-15-12-13(17)5-6-14(15)19-2/h4-6,8,10,12H,3,7,9,11H2,1-2H3. The molecule has 3 nitrogen and oxygen atoms in total. The average molecular weight is 277 g/mol. The van der Waals surface area contributed by atoms with E-state index in [1.54, 1.807) is 13.2 Å². The Kier molecular flexibility index (Phi) is 4.77. The summed E-state index contributed by atoms with van der Waals surface area (Å²) in [6, 6.07) is 4.27. The Bertz CT molecular complexity index is 499. The molecule has 1 aromatic carbocycles. The Morgan fingerprint density at radius 3 is 2.75 bits per heavy atom. The number of aliphatic imine (C=N–C) groups is 1. The van der Waals surface area contributed by atoms with Crippen molar-refractivity contribution < 1.29 is 13.9 Å². The minimum atomic E-state index is -0.331. The van der Waals surface area contributed by atoms with E-state index >= 15 is 0 Å². The van der Waals surface area contributed by atoms with E-state index < -0.39 is 0 Å². The number of hydrogen-bond acceptors (Lipinski definition) is 3. The summed E-state index contributed by atoms with van der Waals surface area (Å²) in [7, 11) is 1.54. The topological polar surface area (TPSA) is 30.8 Å². The monoisotopic (exact) mass is 277 g/mol. The van der Waals surface area contributed by atoms with Crippen LogP contribution in [0.3, 0.4) is 0 Å². The lowest BCUT2D eigenvalue weighted by Gasteiger charge is -2.23. The van der Waals surface area contributed by atoms with Gasteiger partial charge in [0.05, 0.1) is 19.3 Å². The highest BCUT2D eigenvalue weighted by molar-refractivity contribution is 5.75. The summed E-state index contributed by atoms with van der Waals surface area (Å²) in [5.74, 6) is 0.648. The van der Waals surface area contributed by atoms with Gasteiger partial charge in [-0.2, -0.15) is 0 Å². The first kappa shape index (κ1) is 14.6. The molecule has 0 aromatic heterocycles. The molecule has 108 valence electrons. The molecule has 4 heteroatoms. The second-order valence-corrected chi connectivity index (χ2v) is 4.88. The van der Waals surface area contributed by atoms with Crippen LogP contribution in [-0.2, 0) is 0 Å². The zero-order valence-corrected chi connectivity index (χ0v) is 11.9. The molecule has 0 saturated heterocycles. The lowest BCUT2D eigenvalue weighted by molar-refractivity contribution is 0.259. The van der Waals surface area contributed by atoms with Gasteiger partial charge in [0.2, 0.25) is 0 Å².